The predicted octanol–water partition coefficient (Wildman–Crippen LogP) is 3.88. The van der Waals surface area contributed by atoms with Crippen molar-refractivity contribution < 1.29 is 0 Å². The summed E-state index contributed by atoms with van der Waals surface area (Å²) in [6, 6.07) is 10.4. The van der Waals surface area contributed by atoms with Crippen LogP contribution < -0.4 is 5.32 Å². The van der Waals surface area contributed by atoms with E-state index in [1.54, 1.807) is 6.33 Å². The minimum absolute atomic E-state index is 0.253. The normalized spacial score (nSPS) is 14.9. The Kier molecular flexibility index (Phi) is 4.02. The molecule has 0 saturated heterocycles. The van der Waals surface area contributed by atoms with Gasteiger partial charge in [-0.25, -0.2) is 9.97 Å². The molecule has 0 aliphatic carbocycles. The van der Waals surface area contributed by atoms with Crippen molar-refractivity contribution in [3.8, 4) is 0 Å². The fraction of sp³-hybridized carbons (Fsp3) is 0.238. The smallest absolute Gasteiger partial charge is 0.138 e. The number of fused-ring (bicyclic) bond motifs is 2. The zero-order valence-corrected chi connectivity index (χ0v) is 15.8. The Morgan fingerprint density at radius 2 is 2.00 bits per heavy atom. The van der Waals surface area contributed by atoms with E-state index in [0.717, 1.165) is 52.4 Å². The molecule has 0 saturated carbocycles. The van der Waals surface area contributed by atoms with E-state index in [9.17, 15) is 0 Å². The Morgan fingerprint density at radius 1 is 1.11 bits per heavy atom. The molecular weight excluding hydrogens is 350 g/mol. The fourth-order valence-electron chi connectivity index (χ4n) is 3.84. The second-order valence-electron chi connectivity index (χ2n) is 7.22. The molecule has 2 N–H and O–H groups in total. The highest BCUT2D eigenvalue weighted by molar-refractivity contribution is 5.82. The van der Waals surface area contributed by atoms with Gasteiger partial charge in [0.1, 0.15) is 12.1 Å². The molecule has 28 heavy (non-hydrogen) atoms. The molecular formula is C21H21N7. The maximum atomic E-state index is 4.53. The first kappa shape index (κ1) is 16.8. The van der Waals surface area contributed by atoms with Crippen LogP contribution in [0, 0.1) is 6.92 Å². The number of pyridine rings is 1. The van der Waals surface area contributed by atoms with E-state index in [1.807, 2.05) is 30.6 Å². The van der Waals surface area contributed by atoms with Gasteiger partial charge in [0, 0.05) is 41.3 Å². The molecule has 0 spiro atoms. The third-order valence-corrected chi connectivity index (χ3v) is 5.47. The topological polar surface area (TPSA) is 82.6 Å². The molecule has 1 aliphatic heterocycles. The third kappa shape index (κ3) is 2.90. The number of aromatic amines is 1. The summed E-state index contributed by atoms with van der Waals surface area (Å²) in [6.45, 7) is 5.86. The van der Waals surface area contributed by atoms with Crippen molar-refractivity contribution >= 4 is 22.4 Å². The van der Waals surface area contributed by atoms with E-state index in [4.69, 9.17) is 0 Å². The molecule has 1 atom stereocenters. The number of anilines is 2. The minimum Gasteiger partial charge on any atom is -0.339 e. The summed E-state index contributed by atoms with van der Waals surface area (Å²) in [5.74, 6) is 0.848. The predicted molar refractivity (Wildman–Crippen MR) is 108 cm³/mol. The molecule has 0 radical (unpaired) electrons. The van der Waals surface area contributed by atoms with Crippen LogP contribution in [0.3, 0.4) is 0 Å². The molecule has 4 heterocycles. The lowest BCUT2D eigenvalue weighted by molar-refractivity contribution is 0.213. The summed E-state index contributed by atoms with van der Waals surface area (Å²) in [4.78, 5) is 15.9. The van der Waals surface area contributed by atoms with Crippen molar-refractivity contribution in [3.05, 3.63) is 71.6 Å². The first-order valence-electron chi connectivity index (χ1n) is 9.37. The van der Waals surface area contributed by atoms with E-state index in [2.05, 4.69) is 61.3 Å². The Hall–Kier alpha value is -3.32. The van der Waals surface area contributed by atoms with E-state index >= 15 is 0 Å². The van der Waals surface area contributed by atoms with E-state index in [1.165, 1.54) is 5.56 Å². The van der Waals surface area contributed by atoms with Crippen LogP contribution in [0.5, 0.6) is 0 Å². The molecule has 1 aromatic carbocycles. The second kappa shape index (κ2) is 6.69. The summed E-state index contributed by atoms with van der Waals surface area (Å²) in [5, 5.41) is 11.7. The number of para-hydroxylation sites is 1. The lowest BCUT2D eigenvalue weighted by Gasteiger charge is -2.23. The number of nitrogens with zero attached hydrogens (tertiary/aromatic N) is 5. The van der Waals surface area contributed by atoms with Crippen molar-refractivity contribution in [3.63, 3.8) is 0 Å². The second-order valence-corrected chi connectivity index (χ2v) is 7.22. The highest BCUT2D eigenvalue weighted by Crippen LogP contribution is 2.34. The molecule has 4 aromatic rings. The van der Waals surface area contributed by atoms with Crippen LogP contribution in [0.4, 0.5) is 11.5 Å². The van der Waals surface area contributed by atoms with Crippen LogP contribution >= 0.6 is 0 Å². The maximum absolute atomic E-state index is 4.53. The molecule has 1 aliphatic rings. The van der Waals surface area contributed by atoms with Gasteiger partial charge in [-0.1, -0.05) is 18.2 Å². The molecule has 1 unspecified atom stereocenters. The lowest BCUT2D eigenvalue weighted by Crippen LogP contribution is -2.21. The number of aryl methyl sites for hydroxylation is 1. The zero-order chi connectivity index (χ0) is 19.1. The summed E-state index contributed by atoms with van der Waals surface area (Å²) in [6.07, 6.45) is 5.39. The quantitative estimate of drug-likeness (QED) is 0.566. The van der Waals surface area contributed by atoms with Crippen LogP contribution in [0.15, 0.2) is 49.1 Å². The summed E-state index contributed by atoms with van der Waals surface area (Å²) in [5.41, 5.74) is 6.44. The Labute approximate surface area is 162 Å². The van der Waals surface area contributed by atoms with Crippen molar-refractivity contribution in [2.75, 3.05) is 5.32 Å². The molecule has 7 nitrogen and oxygen atoms in total. The Morgan fingerprint density at radius 3 is 2.86 bits per heavy atom. The molecule has 5 rings (SSSR count). The van der Waals surface area contributed by atoms with Gasteiger partial charge in [0.25, 0.3) is 0 Å². The van der Waals surface area contributed by atoms with Crippen molar-refractivity contribution in [1.82, 2.24) is 30.0 Å². The first-order valence-corrected chi connectivity index (χ1v) is 9.37. The van der Waals surface area contributed by atoms with Crippen molar-refractivity contribution in [2.24, 2.45) is 0 Å². The van der Waals surface area contributed by atoms with Crippen molar-refractivity contribution in [2.45, 2.75) is 33.0 Å². The summed E-state index contributed by atoms with van der Waals surface area (Å²) < 4.78 is 0. The average molecular weight is 371 g/mol. The van der Waals surface area contributed by atoms with Gasteiger partial charge in [-0.3, -0.25) is 15.0 Å². The van der Waals surface area contributed by atoms with Gasteiger partial charge < -0.3 is 5.32 Å². The number of nitrogens with one attached hydrogen (secondary N) is 2. The average Bonchev–Trinajstić information content (AvgIpc) is 3.34. The Bertz CT molecular complexity index is 1150. The molecule has 140 valence electrons. The van der Waals surface area contributed by atoms with E-state index < -0.39 is 0 Å². The number of hydrogen-bond acceptors (Lipinski definition) is 6. The largest absolute Gasteiger partial charge is 0.339 e. The number of aromatic nitrogens is 5. The summed E-state index contributed by atoms with van der Waals surface area (Å²) in [7, 11) is 0. The fourth-order valence-corrected chi connectivity index (χ4v) is 3.84. The first-order chi connectivity index (χ1) is 13.7. The minimum atomic E-state index is 0.253. The van der Waals surface area contributed by atoms with Gasteiger partial charge in [0.15, 0.2) is 0 Å². The summed E-state index contributed by atoms with van der Waals surface area (Å²) >= 11 is 0. The molecule has 3 aromatic heterocycles. The highest BCUT2D eigenvalue weighted by atomic mass is 15.2. The van der Waals surface area contributed by atoms with Crippen molar-refractivity contribution in [1.29, 1.82) is 0 Å². The van der Waals surface area contributed by atoms with Gasteiger partial charge >= 0.3 is 0 Å². The molecule has 0 amide bonds. The number of hydrogen-bond donors (Lipinski definition) is 2. The van der Waals surface area contributed by atoms with Gasteiger partial charge in [-0.05, 0) is 26.0 Å². The van der Waals surface area contributed by atoms with Crippen LogP contribution in [0.25, 0.3) is 10.9 Å². The molecule has 0 fully saturated rings. The van der Waals surface area contributed by atoms with Crippen LogP contribution in [0.1, 0.15) is 35.5 Å². The molecule has 7 heteroatoms. The highest BCUT2D eigenvalue weighted by Gasteiger charge is 2.29. The van der Waals surface area contributed by atoms with E-state index in [0.29, 0.717) is 0 Å². The number of benzene rings is 1. The van der Waals surface area contributed by atoms with Gasteiger partial charge in [0.05, 0.1) is 29.3 Å². The Balaban J connectivity index is 1.42. The third-order valence-electron chi connectivity index (χ3n) is 5.47. The zero-order valence-electron chi connectivity index (χ0n) is 15.8. The van der Waals surface area contributed by atoms with Crippen LogP contribution in [-0.2, 0) is 13.1 Å². The van der Waals surface area contributed by atoms with Crippen LogP contribution in [-0.4, -0.2) is 30.0 Å². The number of rotatable bonds is 4. The van der Waals surface area contributed by atoms with Crippen LogP contribution in [0.2, 0.25) is 0 Å². The maximum Gasteiger partial charge on any atom is 0.138 e. The van der Waals surface area contributed by atoms with E-state index in [-0.39, 0.29) is 6.04 Å². The van der Waals surface area contributed by atoms with Gasteiger partial charge in [-0.15, -0.1) is 0 Å². The van der Waals surface area contributed by atoms with Gasteiger partial charge in [-0.2, -0.15) is 5.10 Å². The standard InChI is InChI=1S/C21H21N7/c1-13-17(9-25-27-13)14(2)28-10-18-20(11-28)23-12-24-21(18)26-16-7-15-5-3-4-6-19(15)22-8-16/h3-9,12,14H,10-11H2,1-2H3,(H,25,27)(H,23,24,26). The number of H-pyrrole nitrogens is 1. The SMILES string of the molecule is Cc1[nH]ncc1C(C)N1Cc2ncnc(Nc3cnc4ccccc4c3)c2C1. The lowest BCUT2D eigenvalue weighted by atomic mass is 10.1. The molecule has 0 bridgehead atoms. The van der Waals surface area contributed by atoms with Gasteiger partial charge in [0.2, 0.25) is 0 Å². The monoisotopic (exact) mass is 371 g/mol.